The van der Waals surface area contributed by atoms with Gasteiger partial charge in [-0.3, -0.25) is 18.6 Å². The Morgan fingerprint density at radius 1 is 0.500 bits per heavy atom. The first-order chi connectivity index (χ1) is 34.9. The smallest absolute Gasteiger partial charge is 0.456 e. The molecule has 0 rings (SSSR count). The van der Waals surface area contributed by atoms with Crippen LogP contribution in [0.3, 0.4) is 0 Å². The van der Waals surface area contributed by atoms with Gasteiger partial charge in [-0.25, -0.2) is 4.57 Å². The molecule has 3 atom stereocenters. The zero-order valence-electron chi connectivity index (χ0n) is 47.7. The number of likely N-dealkylation sites (N-methyl/N-ethyl adjacent to an activating group) is 1. The summed E-state index contributed by atoms with van der Waals surface area (Å²) in [6.07, 6.45) is 66.4. The monoisotopic (exact) mass is 1030 g/mol. The first-order valence-electron chi connectivity index (χ1n) is 29.8. The van der Waals surface area contributed by atoms with E-state index in [1.54, 1.807) is 0 Å². The Hall–Kier alpha value is -2.55. The van der Waals surface area contributed by atoms with Crippen LogP contribution in [0.5, 0.6) is 0 Å². The summed E-state index contributed by atoms with van der Waals surface area (Å²) < 4.78 is 30.6. The van der Waals surface area contributed by atoms with E-state index < -0.39 is 20.0 Å². The van der Waals surface area contributed by atoms with E-state index in [9.17, 15) is 19.0 Å². The number of rotatable bonds is 53. The van der Waals surface area contributed by atoms with Gasteiger partial charge in [-0.05, 0) is 63.9 Å². The average Bonchev–Trinajstić information content (AvgIpc) is 3.34. The fourth-order valence-electron chi connectivity index (χ4n) is 8.34. The lowest BCUT2D eigenvalue weighted by atomic mass is 10.0. The van der Waals surface area contributed by atoms with E-state index >= 15 is 0 Å². The van der Waals surface area contributed by atoms with Crippen LogP contribution in [-0.2, 0) is 27.9 Å². The van der Waals surface area contributed by atoms with E-state index in [2.05, 4.69) is 80.8 Å². The number of quaternary nitrogens is 1. The number of esters is 1. The van der Waals surface area contributed by atoms with Gasteiger partial charge in [0.25, 0.3) is 0 Å². The minimum Gasteiger partial charge on any atom is -0.456 e. The summed E-state index contributed by atoms with van der Waals surface area (Å²) in [5.41, 5.74) is 0. The van der Waals surface area contributed by atoms with Gasteiger partial charge in [-0.2, -0.15) is 0 Å². The summed E-state index contributed by atoms with van der Waals surface area (Å²) in [5.74, 6) is -0.598. The van der Waals surface area contributed by atoms with Gasteiger partial charge < -0.3 is 19.4 Å². The Bertz CT molecular complexity index is 1460. The van der Waals surface area contributed by atoms with Crippen LogP contribution in [0.25, 0.3) is 0 Å². The Labute approximate surface area is 444 Å². The van der Waals surface area contributed by atoms with Crippen LogP contribution >= 0.6 is 7.82 Å². The lowest BCUT2D eigenvalue weighted by Crippen LogP contribution is -2.47. The summed E-state index contributed by atoms with van der Waals surface area (Å²) in [4.78, 5) is 37.6. The Balaban J connectivity index is 5.33. The number of ether oxygens (including phenoxy) is 1. The van der Waals surface area contributed by atoms with Crippen LogP contribution in [0.1, 0.15) is 258 Å². The predicted octanol–water partition coefficient (Wildman–Crippen LogP) is 18.1. The van der Waals surface area contributed by atoms with Crippen molar-refractivity contribution >= 4 is 19.7 Å². The first kappa shape index (κ1) is 69.5. The van der Waals surface area contributed by atoms with Gasteiger partial charge in [-0.15, -0.1) is 0 Å². The highest BCUT2D eigenvalue weighted by atomic mass is 31.2. The van der Waals surface area contributed by atoms with Crippen molar-refractivity contribution < 1.29 is 37.3 Å². The molecule has 0 aliphatic rings. The van der Waals surface area contributed by atoms with Gasteiger partial charge in [0.1, 0.15) is 19.3 Å². The van der Waals surface area contributed by atoms with Crippen molar-refractivity contribution in [1.29, 1.82) is 0 Å². The van der Waals surface area contributed by atoms with Gasteiger partial charge in [0.2, 0.25) is 5.91 Å². The van der Waals surface area contributed by atoms with E-state index in [1.807, 2.05) is 39.4 Å². The van der Waals surface area contributed by atoms with Gasteiger partial charge in [0.15, 0.2) is 0 Å². The van der Waals surface area contributed by atoms with Crippen LogP contribution in [0.15, 0.2) is 72.9 Å². The third-order valence-electron chi connectivity index (χ3n) is 12.9. The number of nitrogens with one attached hydrogen (secondary N) is 1. The molecule has 0 radical (unpaired) electrons. The minimum absolute atomic E-state index is 0.0258. The van der Waals surface area contributed by atoms with E-state index in [4.69, 9.17) is 13.8 Å². The summed E-state index contributed by atoms with van der Waals surface area (Å²) in [6.45, 7) is 6.84. The van der Waals surface area contributed by atoms with Crippen LogP contribution in [0, 0.1) is 0 Å². The molecular weight excluding hydrogens is 916 g/mol. The highest BCUT2D eigenvalue weighted by molar-refractivity contribution is 7.47. The molecule has 0 heterocycles. The standard InChI is InChI=1S/C62H113N2O7P/c1-7-10-13-16-19-22-25-27-29-31-32-33-35-37-40-43-46-49-52-55-62(66)71-60(53-50-47-44-41-38-24-21-18-15-12-9-3)59(58-70-72(67,68)69-57-56-64(4,5)6)63-61(65)54-51-48-45-42-39-36-34-30-28-26-23-20-17-14-11-8-2/h11,14,20,23,28,30,36,39,45,48,50,53,59-60H,7-10,12-13,15-19,21-22,24-27,29,31-35,37-38,40-44,46-47,49,51-52,54-58H2,1-6H3,(H-,63,65,67,68)/p+1/b14-11+,23-20+,30-28+,39-36+,48-45+,53-50+. The number of phosphoric acid groups is 1. The molecular formula is C62H114N2O7P+. The quantitative estimate of drug-likeness (QED) is 0.0205. The molecule has 2 N–H and O–H groups in total. The molecule has 418 valence electrons. The van der Waals surface area contributed by atoms with Crippen molar-refractivity contribution in [2.24, 2.45) is 0 Å². The number of nitrogens with zero attached hydrogens (tertiary/aromatic N) is 1. The second kappa shape index (κ2) is 51.9. The number of carbonyl (C=O) groups is 2. The van der Waals surface area contributed by atoms with Gasteiger partial charge in [0, 0.05) is 12.8 Å². The summed E-state index contributed by atoms with van der Waals surface area (Å²) in [6, 6.07) is -0.887. The molecule has 0 saturated carbocycles. The SMILES string of the molecule is CC/C=C/C/C=C/C/C=C/C/C=C/C/C=C/CCC(=O)NC(COP(=O)(O)OCC[N+](C)(C)C)C(/C=C/CCCCCCCCCCC)OC(=O)CCCCCCCCCCCCCCCCCCCCC. The molecule has 10 heteroatoms. The lowest BCUT2D eigenvalue weighted by Gasteiger charge is -2.27. The molecule has 3 unspecified atom stereocenters. The molecule has 9 nitrogen and oxygen atoms in total. The number of phosphoric ester groups is 1. The van der Waals surface area contributed by atoms with Gasteiger partial charge >= 0.3 is 13.8 Å². The molecule has 0 aromatic rings. The van der Waals surface area contributed by atoms with Crippen molar-refractivity contribution in [1.82, 2.24) is 5.32 Å². The average molecular weight is 1030 g/mol. The maximum atomic E-state index is 13.5. The molecule has 0 saturated heterocycles. The van der Waals surface area contributed by atoms with Gasteiger partial charge in [0.05, 0.1) is 33.8 Å². The third-order valence-corrected chi connectivity index (χ3v) is 13.9. The van der Waals surface area contributed by atoms with Crippen molar-refractivity contribution in [2.75, 3.05) is 40.9 Å². The molecule has 72 heavy (non-hydrogen) atoms. The Morgan fingerprint density at radius 3 is 1.33 bits per heavy atom. The topological polar surface area (TPSA) is 111 Å². The van der Waals surface area contributed by atoms with E-state index in [1.165, 1.54) is 148 Å². The van der Waals surface area contributed by atoms with Crippen molar-refractivity contribution in [3.8, 4) is 0 Å². The van der Waals surface area contributed by atoms with Crippen LogP contribution in [0.2, 0.25) is 0 Å². The molecule has 0 aromatic carbocycles. The molecule has 0 aromatic heterocycles. The number of unbranched alkanes of at least 4 members (excludes halogenated alkanes) is 27. The van der Waals surface area contributed by atoms with Crippen molar-refractivity contribution in [3.63, 3.8) is 0 Å². The summed E-state index contributed by atoms with van der Waals surface area (Å²) in [5, 5.41) is 3.00. The largest absolute Gasteiger partial charge is 0.472 e. The second-order valence-corrected chi connectivity index (χ2v) is 22.6. The number of amides is 1. The first-order valence-corrected chi connectivity index (χ1v) is 31.3. The number of hydrogen-bond acceptors (Lipinski definition) is 6. The lowest BCUT2D eigenvalue weighted by molar-refractivity contribution is -0.870. The molecule has 0 fully saturated rings. The van der Waals surface area contributed by atoms with E-state index in [0.29, 0.717) is 17.4 Å². The van der Waals surface area contributed by atoms with Crippen LogP contribution in [0.4, 0.5) is 0 Å². The molecule has 0 spiro atoms. The summed E-state index contributed by atoms with van der Waals surface area (Å²) >= 11 is 0. The third kappa shape index (κ3) is 52.3. The normalized spacial score (nSPS) is 14.3. The van der Waals surface area contributed by atoms with Crippen LogP contribution in [-0.4, -0.2) is 74.3 Å². The molecule has 0 aliphatic heterocycles. The summed E-state index contributed by atoms with van der Waals surface area (Å²) in [7, 11) is 1.45. The Kier molecular flexibility index (Phi) is 50.1. The fourth-order valence-corrected chi connectivity index (χ4v) is 9.08. The molecule has 1 amide bonds. The zero-order valence-corrected chi connectivity index (χ0v) is 48.6. The zero-order chi connectivity index (χ0) is 52.9. The van der Waals surface area contributed by atoms with Gasteiger partial charge in [-0.1, -0.05) is 255 Å². The highest BCUT2D eigenvalue weighted by Crippen LogP contribution is 2.43. The van der Waals surface area contributed by atoms with E-state index in [0.717, 1.165) is 70.6 Å². The Morgan fingerprint density at radius 2 is 0.903 bits per heavy atom. The van der Waals surface area contributed by atoms with E-state index in [-0.39, 0.29) is 37.9 Å². The van der Waals surface area contributed by atoms with Crippen molar-refractivity contribution in [3.05, 3.63) is 72.9 Å². The number of hydrogen-bond donors (Lipinski definition) is 2. The molecule has 0 bridgehead atoms. The number of allylic oxidation sites excluding steroid dienone is 11. The van der Waals surface area contributed by atoms with Crippen LogP contribution < -0.4 is 5.32 Å². The number of carbonyl (C=O) groups excluding carboxylic acids is 2. The molecule has 0 aliphatic carbocycles. The maximum Gasteiger partial charge on any atom is 0.472 e. The highest BCUT2D eigenvalue weighted by Gasteiger charge is 2.30. The maximum absolute atomic E-state index is 13.5. The fraction of sp³-hybridized carbons (Fsp3) is 0.774. The minimum atomic E-state index is -4.46. The van der Waals surface area contributed by atoms with Crippen molar-refractivity contribution in [2.45, 2.75) is 270 Å². The predicted molar refractivity (Wildman–Crippen MR) is 309 cm³/mol. The second-order valence-electron chi connectivity index (χ2n) is 21.1.